The highest BCUT2D eigenvalue weighted by atomic mass is 16.2. The van der Waals surface area contributed by atoms with Crippen LogP contribution in [-0.4, -0.2) is 68.0 Å². The van der Waals surface area contributed by atoms with E-state index in [2.05, 4.69) is 41.4 Å². The number of nitrogens with one attached hydrogen (secondary N) is 3. The molecule has 10 nitrogen and oxygen atoms in total. The molecule has 1 aliphatic heterocycles. The highest BCUT2D eigenvalue weighted by Crippen LogP contribution is 2.32. The Balaban J connectivity index is 1.17. The van der Waals surface area contributed by atoms with Crippen molar-refractivity contribution in [2.45, 2.75) is 26.7 Å². The van der Waals surface area contributed by atoms with Gasteiger partial charge in [-0.2, -0.15) is 5.10 Å². The lowest BCUT2D eigenvalue weighted by atomic mass is 10.1. The number of rotatable bonds is 5. The molecule has 10 heteroatoms. The number of pyridine rings is 2. The maximum atomic E-state index is 12.6. The molecule has 3 N–H and O–H groups in total. The summed E-state index contributed by atoms with van der Waals surface area (Å²) < 4.78 is 0. The summed E-state index contributed by atoms with van der Waals surface area (Å²) in [5, 5.41) is 10.7. The van der Waals surface area contributed by atoms with E-state index in [-0.39, 0.29) is 11.8 Å². The average Bonchev–Trinajstić information content (AvgIpc) is 3.58. The Morgan fingerprint density at radius 3 is 2.58 bits per heavy atom. The number of aromatic amines is 2. The predicted octanol–water partition coefficient (Wildman–Crippen LogP) is 3.28. The molecular formula is C26H28N8O2. The zero-order valence-corrected chi connectivity index (χ0v) is 20.3. The molecule has 2 amide bonds. The van der Waals surface area contributed by atoms with Gasteiger partial charge in [-0.15, -0.1) is 0 Å². The molecule has 5 heterocycles. The molecule has 2 fully saturated rings. The lowest BCUT2D eigenvalue weighted by molar-refractivity contribution is -0.132. The van der Waals surface area contributed by atoms with E-state index in [0.717, 1.165) is 78.4 Å². The number of anilines is 2. The second-order valence-corrected chi connectivity index (χ2v) is 9.60. The first-order valence-electron chi connectivity index (χ1n) is 12.3. The molecule has 36 heavy (non-hydrogen) atoms. The van der Waals surface area contributed by atoms with Crippen LogP contribution in [0.4, 0.5) is 11.5 Å². The molecule has 1 saturated carbocycles. The van der Waals surface area contributed by atoms with Gasteiger partial charge in [0.15, 0.2) is 0 Å². The summed E-state index contributed by atoms with van der Waals surface area (Å²) in [7, 11) is 0. The van der Waals surface area contributed by atoms with E-state index in [1.165, 1.54) is 0 Å². The summed E-state index contributed by atoms with van der Waals surface area (Å²) in [5.74, 6) is 1.23. The number of carbonyl (C=O) groups is 2. The van der Waals surface area contributed by atoms with Gasteiger partial charge in [0, 0.05) is 60.5 Å². The Morgan fingerprint density at radius 2 is 1.86 bits per heavy atom. The summed E-state index contributed by atoms with van der Waals surface area (Å²) in [6, 6.07) is 7.95. The number of nitrogens with zero attached hydrogens (tertiary/aromatic N) is 5. The van der Waals surface area contributed by atoms with Gasteiger partial charge in [0.2, 0.25) is 5.91 Å². The number of aryl methyl sites for hydroxylation is 1. The van der Waals surface area contributed by atoms with E-state index in [1.807, 2.05) is 43.1 Å². The number of carbonyl (C=O) groups excluding carboxylic acids is 2. The molecule has 2 aliphatic rings. The second-order valence-electron chi connectivity index (χ2n) is 9.60. The highest BCUT2D eigenvalue weighted by molar-refractivity contribution is 6.04. The first-order valence-corrected chi connectivity index (χ1v) is 12.3. The quantitative estimate of drug-likeness (QED) is 0.400. The van der Waals surface area contributed by atoms with Crippen molar-refractivity contribution in [2.75, 3.05) is 36.4 Å². The third-order valence-corrected chi connectivity index (χ3v) is 7.11. The molecule has 1 aliphatic carbocycles. The van der Waals surface area contributed by atoms with Crippen molar-refractivity contribution in [1.29, 1.82) is 0 Å². The molecule has 0 bridgehead atoms. The third-order valence-electron chi connectivity index (χ3n) is 7.11. The van der Waals surface area contributed by atoms with Gasteiger partial charge in [0.05, 0.1) is 17.6 Å². The van der Waals surface area contributed by atoms with Gasteiger partial charge in [0.1, 0.15) is 17.2 Å². The van der Waals surface area contributed by atoms with Crippen LogP contribution >= 0.6 is 0 Å². The van der Waals surface area contributed by atoms with Crippen LogP contribution in [0.15, 0.2) is 36.7 Å². The monoisotopic (exact) mass is 484 g/mol. The van der Waals surface area contributed by atoms with Gasteiger partial charge in [0.25, 0.3) is 5.91 Å². The van der Waals surface area contributed by atoms with Crippen LogP contribution in [0, 0.1) is 19.8 Å². The van der Waals surface area contributed by atoms with E-state index >= 15 is 0 Å². The zero-order valence-electron chi connectivity index (χ0n) is 20.3. The number of aromatic nitrogens is 5. The van der Waals surface area contributed by atoms with Crippen molar-refractivity contribution >= 4 is 34.4 Å². The zero-order chi connectivity index (χ0) is 24.8. The average molecular weight is 485 g/mol. The molecule has 184 valence electrons. The van der Waals surface area contributed by atoms with Crippen molar-refractivity contribution in [3.05, 3.63) is 53.6 Å². The van der Waals surface area contributed by atoms with Crippen LogP contribution in [0.1, 0.15) is 34.6 Å². The minimum absolute atomic E-state index is 0.247. The fraction of sp³-hybridized carbons (Fsp3) is 0.346. The van der Waals surface area contributed by atoms with E-state index in [0.29, 0.717) is 17.3 Å². The topological polar surface area (TPSA) is 123 Å². The van der Waals surface area contributed by atoms with E-state index < -0.39 is 0 Å². The lowest BCUT2D eigenvalue weighted by Gasteiger charge is -2.35. The van der Waals surface area contributed by atoms with Gasteiger partial charge in [-0.25, -0.2) is 9.97 Å². The number of piperazine rings is 1. The van der Waals surface area contributed by atoms with Gasteiger partial charge in [-0.3, -0.25) is 14.7 Å². The molecule has 6 rings (SSSR count). The molecule has 0 aromatic carbocycles. The maximum absolute atomic E-state index is 12.6. The van der Waals surface area contributed by atoms with Gasteiger partial charge in [-0.05, 0) is 51.0 Å². The Bertz CT molecular complexity index is 1460. The van der Waals surface area contributed by atoms with Crippen molar-refractivity contribution in [3.8, 4) is 11.3 Å². The van der Waals surface area contributed by atoms with Crippen molar-refractivity contribution in [2.24, 2.45) is 5.92 Å². The Kier molecular flexibility index (Phi) is 5.43. The van der Waals surface area contributed by atoms with Gasteiger partial charge < -0.3 is 20.1 Å². The van der Waals surface area contributed by atoms with Crippen molar-refractivity contribution < 1.29 is 9.59 Å². The largest absolute Gasteiger partial charge is 0.353 e. The minimum Gasteiger partial charge on any atom is -0.353 e. The fourth-order valence-electron chi connectivity index (χ4n) is 4.65. The standard InChI is InChI=1S/C26H28N8O2/c1-15-16(2)31-32-23(15)25(35)29-20-11-19-12-21(30-24(19)28-14-20)18-5-6-27-22(13-18)33-7-9-34(10-8-33)26(36)17-3-4-17/h5-6,11-14,17H,3-4,7-10H2,1-2H3,(H,28,30)(H,29,35)(H,31,32). The summed E-state index contributed by atoms with van der Waals surface area (Å²) in [4.78, 5) is 41.7. The number of fused-ring (bicyclic) bond motifs is 1. The summed E-state index contributed by atoms with van der Waals surface area (Å²) in [5.41, 5.74) is 5.35. The summed E-state index contributed by atoms with van der Waals surface area (Å²) in [6.45, 7) is 6.76. The van der Waals surface area contributed by atoms with E-state index in [9.17, 15) is 9.59 Å². The van der Waals surface area contributed by atoms with E-state index in [1.54, 1.807) is 6.20 Å². The van der Waals surface area contributed by atoms with Gasteiger partial charge >= 0.3 is 0 Å². The molecule has 0 atom stereocenters. The highest BCUT2D eigenvalue weighted by Gasteiger charge is 2.34. The fourth-order valence-corrected chi connectivity index (χ4v) is 4.65. The third kappa shape index (κ3) is 4.19. The molecule has 1 saturated heterocycles. The summed E-state index contributed by atoms with van der Waals surface area (Å²) >= 11 is 0. The molecule has 0 radical (unpaired) electrons. The Morgan fingerprint density at radius 1 is 1.06 bits per heavy atom. The van der Waals surface area contributed by atoms with Crippen LogP contribution in [0.3, 0.4) is 0 Å². The number of hydrogen-bond acceptors (Lipinski definition) is 6. The molecule has 0 unspecified atom stereocenters. The molecule has 4 aromatic rings. The number of H-pyrrole nitrogens is 2. The van der Waals surface area contributed by atoms with Gasteiger partial charge in [-0.1, -0.05) is 0 Å². The normalized spacial score (nSPS) is 15.9. The first kappa shape index (κ1) is 22.3. The summed E-state index contributed by atoms with van der Waals surface area (Å²) in [6.07, 6.45) is 5.53. The van der Waals surface area contributed by atoms with Crippen LogP contribution in [0.2, 0.25) is 0 Å². The predicted molar refractivity (Wildman–Crippen MR) is 137 cm³/mol. The minimum atomic E-state index is -0.247. The SMILES string of the molecule is Cc1n[nH]c(C(=O)Nc2cnc3[nH]c(-c4ccnc(N5CCN(C(=O)C6CC6)CC5)c4)cc3c2)c1C. The Hall–Kier alpha value is -4.21. The number of amides is 2. The van der Waals surface area contributed by atoms with Crippen LogP contribution in [0.5, 0.6) is 0 Å². The Labute approximate surface area is 208 Å². The van der Waals surface area contributed by atoms with E-state index in [4.69, 9.17) is 0 Å². The van der Waals surface area contributed by atoms with Crippen molar-refractivity contribution in [3.63, 3.8) is 0 Å². The van der Waals surface area contributed by atoms with Crippen molar-refractivity contribution in [1.82, 2.24) is 30.0 Å². The first-order chi connectivity index (χ1) is 17.5. The lowest BCUT2D eigenvalue weighted by Crippen LogP contribution is -2.49. The molecule has 0 spiro atoms. The van der Waals surface area contributed by atoms with Crippen LogP contribution in [-0.2, 0) is 4.79 Å². The molecule has 4 aromatic heterocycles. The van der Waals surface area contributed by atoms with Crippen LogP contribution < -0.4 is 10.2 Å². The maximum Gasteiger partial charge on any atom is 0.273 e. The number of hydrogen-bond donors (Lipinski definition) is 3. The second kappa shape index (κ2) is 8.78. The smallest absolute Gasteiger partial charge is 0.273 e. The van der Waals surface area contributed by atoms with Crippen LogP contribution in [0.25, 0.3) is 22.3 Å². The molecular weight excluding hydrogens is 456 g/mol.